The highest BCUT2D eigenvalue weighted by molar-refractivity contribution is 7.87. The van der Waals surface area contributed by atoms with E-state index >= 15 is 0 Å². The minimum Gasteiger partial charge on any atom is -0.376 e. The third kappa shape index (κ3) is 5.18. The van der Waals surface area contributed by atoms with Crippen molar-refractivity contribution in [2.24, 2.45) is 0 Å². The first kappa shape index (κ1) is 18.7. The van der Waals surface area contributed by atoms with E-state index in [1.54, 1.807) is 5.32 Å². The number of benzene rings is 2. The van der Waals surface area contributed by atoms with Gasteiger partial charge in [0.2, 0.25) is 0 Å². The third-order valence-corrected chi connectivity index (χ3v) is 4.14. The topological polar surface area (TPSA) is 72.5 Å². The quantitative estimate of drug-likeness (QED) is 0.643. The first-order chi connectivity index (χ1) is 11.6. The van der Waals surface area contributed by atoms with Gasteiger partial charge in [0, 0.05) is 5.56 Å². The second-order valence-electron chi connectivity index (χ2n) is 4.79. The highest BCUT2D eigenvalue weighted by Crippen LogP contribution is 2.22. The summed E-state index contributed by atoms with van der Waals surface area (Å²) in [5.41, 5.74) is -0.172. The second-order valence-corrected chi connectivity index (χ2v) is 6.34. The molecule has 5 nitrogen and oxygen atoms in total. The fraction of sp³-hybridized carbons (Fsp3) is 0.133. The molecule has 25 heavy (non-hydrogen) atoms. The highest BCUT2D eigenvalue weighted by atomic mass is 32.2. The first-order valence-electron chi connectivity index (χ1n) is 6.72. The van der Waals surface area contributed by atoms with Crippen LogP contribution in [-0.2, 0) is 10.1 Å². The van der Waals surface area contributed by atoms with Gasteiger partial charge in [0.25, 0.3) is 5.91 Å². The molecule has 0 atom stereocenters. The molecule has 0 bridgehead atoms. The number of halogens is 4. The zero-order chi connectivity index (χ0) is 18.7. The van der Waals surface area contributed by atoms with Gasteiger partial charge in [0.1, 0.15) is 11.4 Å². The number of carbonyl (C=O) groups excluding carboxylic acids is 1. The second kappa shape index (κ2) is 7.09. The molecule has 0 aliphatic heterocycles. The molecule has 0 unspecified atom stereocenters. The lowest BCUT2D eigenvalue weighted by atomic mass is 10.2. The summed E-state index contributed by atoms with van der Waals surface area (Å²) in [6.45, 7) is -1.51. The summed E-state index contributed by atoms with van der Waals surface area (Å²) >= 11 is 0. The van der Waals surface area contributed by atoms with Crippen molar-refractivity contribution in [3.63, 3.8) is 0 Å². The van der Waals surface area contributed by atoms with E-state index in [2.05, 4.69) is 4.18 Å². The van der Waals surface area contributed by atoms with Crippen molar-refractivity contribution in [1.82, 2.24) is 5.32 Å². The van der Waals surface area contributed by atoms with Crippen LogP contribution in [0.25, 0.3) is 0 Å². The number of rotatable bonds is 5. The van der Waals surface area contributed by atoms with Crippen LogP contribution in [0.3, 0.4) is 0 Å². The van der Waals surface area contributed by atoms with Crippen LogP contribution in [0.1, 0.15) is 10.4 Å². The van der Waals surface area contributed by atoms with Gasteiger partial charge < -0.3 is 9.50 Å². The Morgan fingerprint density at radius 3 is 2.20 bits per heavy atom. The summed E-state index contributed by atoms with van der Waals surface area (Å²) in [7, 11) is -4.37. The summed E-state index contributed by atoms with van der Waals surface area (Å²) < 4.78 is 78.4. The number of alkyl halides is 3. The van der Waals surface area contributed by atoms with Gasteiger partial charge in [-0.3, -0.25) is 4.79 Å². The molecule has 0 aliphatic rings. The summed E-state index contributed by atoms with van der Waals surface area (Å²) in [5.74, 6) is -2.40. The molecule has 10 heteroatoms. The van der Waals surface area contributed by atoms with Gasteiger partial charge in [0.05, 0.1) is 0 Å². The Hall–Kier alpha value is -2.62. The lowest BCUT2D eigenvalue weighted by Crippen LogP contribution is -2.33. The van der Waals surface area contributed by atoms with E-state index in [0.29, 0.717) is 0 Å². The van der Waals surface area contributed by atoms with Crippen molar-refractivity contribution >= 4 is 16.0 Å². The van der Waals surface area contributed by atoms with Crippen molar-refractivity contribution in [3.05, 3.63) is 59.9 Å². The molecular weight excluding hydrogens is 366 g/mol. The highest BCUT2D eigenvalue weighted by Gasteiger charge is 2.28. The van der Waals surface area contributed by atoms with E-state index in [0.717, 1.165) is 36.4 Å². The summed E-state index contributed by atoms with van der Waals surface area (Å²) in [5, 5.41) is 1.65. The number of para-hydroxylation sites is 1. The van der Waals surface area contributed by atoms with E-state index < -0.39 is 40.3 Å². The average molecular weight is 377 g/mol. The summed E-state index contributed by atoms with van der Waals surface area (Å²) in [4.78, 5) is 11.2. The Bertz CT molecular complexity index is 864. The lowest BCUT2D eigenvalue weighted by molar-refractivity contribution is -0.123. The molecular formula is C15H11F4NO4S. The zero-order valence-corrected chi connectivity index (χ0v) is 13.2. The van der Waals surface area contributed by atoms with Crippen LogP contribution in [0, 0.1) is 5.82 Å². The molecule has 1 N–H and O–H groups in total. The maximum absolute atomic E-state index is 13.5. The molecule has 0 saturated carbocycles. The average Bonchev–Trinajstić information content (AvgIpc) is 2.54. The smallest absolute Gasteiger partial charge is 0.376 e. The van der Waals surface area contributed by atoms with Crippen LogP contribution in [0.5, 0.6) is 5.75 Å². The van der Waals surface area contributed by atoms with Gasteiger partial charge in [-0.15, -0.1) is 0 Å². The summed E-state index contributed by atoms with van der Waals surface area (Å²) in [6, 6.07) is 8.83. The molecule has 0 aromatic heterocycles. The van der Waals surface area contributed by atoms with Crippen molar-refractivity contribution in [3.8, 4) is 5.75 Å². The van der Waals surface area contributed by atoms with Gasteiger partial charge in [-0.25, -0.2) is 4.39 Å². The van der Waals surface area contributed by atoms with E-state index in [-0.39, 0.29) is 10.5 Å². The number of amides is 1. The fourth-order valence-electron chi connectivity index (χ4n) is 1.73. The van der Waals surface area contributed by atoms with Gasteiger partial charge in [-0.05, 0) is 36.4 Å². The standard InChI is InChI=1S/C15H11F4NO4S/c16-12-3-1-2-4-13(12)24-25(22,23)11-7-5-10(6-8-11)14(21)20-9-15(17,18)19/h1-8H,9H2,(H,20,21). The van der Waals surface area contributed by atoms with E-state index in [1.165, 1.54) is 12.1 Å². The van der Waals surface area contributed by atoms with Crippen LogP contribution in [0.2, 0.25) is 0 Å². The van der Waals surface area contributed by atoms with Gasteiger partial charge in [-0.2, -0.15) is 21.6 Å². The molecule has 1 amide bonds. The minimum absolute atomic E-state index is 0.172. The lowest BCUT2D eigenvalue weighted by Gasteiger charge is -2.10. The van der Waals surface area contributed by atoms with Gasteiger partial charge in [0.15, 0.2) is 11.6 Å². The van der Waals surface area contributed by atoms with Crippen LogP contribution in [-0.4, -0.2) is 27.0 Å². The van der Waals surface area contributed by atoms with E-state index in [4.69, 9.17) is 0 Å². The molecule has 2 aromatic carbocycles. The number of carbonyl (C=O) groups is 1. The first-order valence-corrected chi connectivity index (χ1v) is 8.13. The molecule has 0 fully saturated rings. The fourth-order valence-corrected chi connectivity index (χ4v) is 2.67. The Labute approximate surface area is 140 Å². The van der Waals surface area contributed by atoms with Crippen LogP contribution in [0.4, 0.5) is 17.6 Å². The predicted molar refractivity (Wildman–Crippen MR) is 79.0 cm³/mol. The number of hydrogen-bond donors (Lipinski definition) is 1. The largest absolute Gasteiger partial charge is 0.405 e. The molecule has 0 saturated heterocycles. The Morgan fingerprint density at radius 1 is 1.04 bits per heavy atom. The maximum Gasteiger partial charge on any atom is 0.405 e. The molecule has 134 valence electrons. The molecule has 2 aromatic rings. The van der Waals surface area contributed by atoms with E-state index in [9.17, 15) is 30.8 Å². The predicted octanol–water partition coefficient (Wildman–Crippen LogP) is 2.89. The van der Waals surface area contributed by atoms with E-state index in [1.807, 2.05) is 0 Å². The SMILES string of the molecule is O=C(NCC(F)(F)F)c1ccc(S(=O)(=O)Oc2ccccc2F)cc1. The number of hydrogen-bond acceptors (Lipinski definition) is 4. The monoisotopic (exact) mass is 377 g/mol. The summed E-state index contributed by atoms with van der Waals surface area (Å²) in [6.07, 6.45) is -4.56. The number of nitrogens with one attached hydrogen (secondary N) is 1. The minimum atomic E-state index is -4.56. The van der Waals surface area contributed by atoms with Crippen LogP contribution < -0.4 is 9.50 Å². The van der Waals surface area contributed by atoms with Crippen LogP contribution >= 0.6 is 0 Å². The van der Waals surface area contributed by atoms with Crippen LogP contribution in [0.15, 0.2) is 53.4 Å². The van der Waals surface area contributed by atoms with Crippen molar-refractivity contribution in [1.29, 1.82) is 0 Å². The molecule has 0 heterocycles. The van der Waals surface area contributed by atoms with Gasteiger partial charge in [-0.1, -0.05) is 12.1 Å². The van der Waals surface area contributed by atoms with Gasteiger partial charge >= 0.3 is 16.3 Å². The molecule has 0 radical (unpaired) electrons. The molecule has 2 rings (SSSR count). The van der Waals surface area contributed by atoms with Crippen molar-refractivity contribution < 1.29 is 35.0 Å². The third-order valence-electron chi connectivity index (χ3n) is 2.89. The molecule has 0 aliphatic carbocycles. The Morgan fingerprint density at radius 2 is 1.64 bits per heavy atom. The Kier molecular flexibility index (Phi) is 5.31. The molecule has 0 spiro atoms. The normalized spacial score (nSPS) is 11.8. The zero-order valence-electron chi connectivity index (χ0n) is 12.4. The van der Waals surface area contributed by atoms with Crippen molar-refractivity contribution in [2.75, 3.05) is 6.54 Å². The maximum atomic E-state index is 13.5. The Balaban J connectivity index is 2.13. The van der Waals surface area contributed by atoms with Crippen molar-refractivity contribution in [2.45, 2.75) is 11.1 Å².